The SMILES string of the molecule is Cl.Cl.NCC1(NC(=O)c2cccc(OCc3cn4ccccc4n3)c2)CCCC1. The molecule has 0 spiro atoms. The van der Waals surface area contributed by atoms with E-state index in [0.29, 0.717) is 24.5 Å². The molecular weight excluding hydrogens is 411 g/mol. The molecule has 0 bridgehead atoms. The number of ether oxygens (including phenoxy) is 1. The molecule has 6 nitrogen and oxygen atoms in total. The van der Waals surface area contributed by atoms with E-state index in [-0.39, 0.29) is 36.3 Å². The second kappa shape index (κ2) is 9.96. The Labute approximate surface area is 182 Å². The molecule has 1 fully saturated rings. The Bertz CT molecular complexity index is 922. The molecule has 1 amide bonds. The van der Waals surface area contributed by atoms with Gasteiger partial charge in [-0.2, -0.15) is 0 Å². The molecule has 3 N–H and O–H groups in total. The zero-order chi connectivity index (χ0) is 18.7. The molecule has 0 saturated heterocycles. The van der Waals surface area contributed by atoms with Crippen molar-refractivity contribution in [2.45, 2.75) is 37.8 Å². The van der Waals surface area contributed by atoms with Crippen molar-refractivity contribution in [1.29, 1.82) is 0 Å². The topological polar surface area (TPSA) is 81.6 Å². The van der Waals surface area contributed by atoms with E-state index < -0.39 is 0 Å². The minimum absolute atomic E-state index is 0. The molecule has 0 atom stereocenters. The third-order valence-electron chi connectivity index (χ3n) is 5.23. The molecule has 8 heteroatoms. The number of hydrogen-bond donors (Lipinski definition) is 2. The van der Waals surface area contributed by atoms with Crippen LogP contribution in [0.4, 0.5) is 0 Å². The van der Waals surface area contributed by atoms with Crippen LogP contribution in [0.1, 0.15) is 41.7 Å². The molecule has 0 radical (unpaired) electrons. The zero-order valence-corrected chi connectivity index (χ0v) is 17.7. The lowest BCUT2D eigenvalue weighted by Crippen LogP contribution is -2.51. The Kier molecular flexibility index (Phi) is 7.90. The van der Waals surface area contributed by atoms with E-state index in [1.165, 1.54) is 0 Å². The van der Waals surface area contributed by atoms with Gasteiger partial charge in [-0.3, -0.25) is 4.79 Å². The molecule has 156 valence electrons. The Morgan fingerprint density at radius 2 is 1.97 bits per heavy atom. The molecule has 1 aliphatic rings. The average molecular weight is 437 g/mol. The maximum atomic E-state index is 12.7. The molecule has 0 aliphatic heterocycles. The summed E-state index contributed by atoms with van der Waals surface area (Å²) in [5, 5.41) is 3.14. The fraction of sp³-hybridized carbons (Fsp3) is 0.333. The van der Waals surface area contributed by atoms with Gasteiger partial charge in [0.25, 0.3) is 5.91 Å². The number of carbonyl (C=O) groups is 1. The van der Waals surface area contributed by atoms with E-state index in [1.807, 2.05) is 47.1 Å². The maximum absolute atomic E-state index is 12.7. The van der Waals surface area contributed by atoms with Crippen LogP contribution in [0.15, 0.2) is 54.9 Å². The first-order valence-electron chi connectivity index (χ1n) is 9.36. The lowest BCUT2D eigenvalue weighted by molar-refractivity contribution is 0.0902. The minimum Gasteiger partial charge on any atom is -0.487 e. The first-order valence-corrected chi connectivity index (χ1v) is 9.36. The van der Waals surface area contributed by atoms with Crippen molar-refractivity contribution >= 4 is 36.4 Å². The fourth-order valence-corrected chi connectivity index (χ4v) is 3.69. The van der Waals surface area contributed by atoms with Crippen molar-refractivity contribution in [3.63, 3.8) is 0 Å². The van der Waals surface area contributed by atoms with Crippen LogP contribution in [-0.4, -0.2) is 27.4 Å². The van der Waals surface area contributed by atoms with Crippen molar-refractivity contribution in [3.05, 3.63) is 66.1 Å². The van der Waals surface area contributed by atoms with E-state index in [4.69, 9.17) is 10.5 Å². The molecule has 2 aromatic heterocycles. The molecule has 1 aromatic carbocycles. The summed E-state index contributed by atoms with van der Waals surface area (Å²) in [6.45, 7) is 0.822. The van der Waals surface area contributed by atoms with Gasteiger partial charge in [0.05, 0.1) is 11.2 Å². The molecular formula is C21H26Cl2N4O2. The number of benzene rings is 1. The van der Waals surface area contributed by atoms with Crippen LogP contribution in [0.5, 0.6) is 5.75 Å². The van der Waals surface area contributed by atoms with Crippen LogP contribution in [0.25, 0.3) is 5.65 Å². The zero-order valence-electron chi connectivity index (χ0n) is 16.0. The van der Waals surface area contributed by atoms with Gasteiger partial charge in [0.15, 0.2) is 0 Å². The van der Waals surface area contributed by atoms with Crippen LogP contribution in [-0.2, 0) is 6.61 Å². The van der Waals surface area contributed by atoms with Gasteiger partial charge in [-0.25, -0.2) is 4.98 Å². The average Bonchev–Trinajstić information content (AvgIpc) is 3.33. The van der Waals surface area contributed by atoms with Crippen molar-refractivity contribution in [1.82, 2.24) is 14.7 Å². The number of fused-ring (bicyclic) bond motifs is 1. The highest BCUT2D eigenvalue weighted by atomic mass is 35.5. The van der Waals surface area contributed by atoms with Crippen LogP contribution >= 0.6 is 24.8 Å². The summed E-state index contributed by atoms with van der Waals surface area (Å²) in [6.07, 6.45) is 8.00. The first kappa shape index (κ1) is 23.0. The third-order valence-corrected chi connectivity index (χ3v) is 5.23. The van der Waals surface area contributed by atoms with E-state index in [0.717, 1.165) is 37.0 Å². The lowest BCUT2D eigenvalue weighted by Gasteiger charge is -2.28. The lowest BCUT2D eigenvalue weighted by atomic mass is 9.97. The van der Waals surface area contributed by atoms with Gasteiger partial charge in [-0.1, -0.05) is 25.0 Å². The van der Waals surface area contributed by atoms with Gasteiger partial charge in [-0.05, 0) is 43.2 Å². The number of aromatic nitrogens is 2. The standard InChI is InChI=1S/C21H24N4O2.2ClH/c22-15-21(9-2-3-10-21)24-20(26)16-6-5-7-18(12-16)27-14-17-13-25-11-4-1-8-19(25)23-17;;/h1,4-8,11-13H,2-3,9-10,14-15,22H2,(H,24,26);2*1H. The number of halogens is 2. The number of carbonyl (C=O) groups excluding carboxylic acids is 1. The summed E-state index contributed by atoms with van der Waals surface area (Å²) in [4.78, 5) is 17.2. The van der Waals surface area contributed by atoms with Crippen LogP contribution in [0, 0.1) is 0 Å². The van der Waals surface area contributed by atoms with Crippen LogP contribution in [0.2, 0.25) is 0 Å². The summed E-state index contributed by atoms with van der Waals surface area (Å²) < 4.78 is 7.81. The molecule has 1 aliphatic carbocycles. The highest BCUT2D eigenvalue weighted by molar-refractivity contribution is 5.95. The summed E-state index contributed by atoms with van der Waals surface area (Å²) >= 11 is 0. The van der Waals surface area contributed by atoms with Gasteiger partial charge in [0.2, 0.25) is 0 Å². The smallest absolute Gasteiger partial charge is 0.251 e. The molecule has 29 heavy (non-hydrogen) atoms. The summed E-state index contributed by atoms with van der Waals surface area (Å²) in [5.41, 5.74) is 7.97. The molecule has 1 saturated carbocycles. The summed E-state index contributed by atoms with van der Waals surface area (Å²) in [5.74, 6) is 0.549. The molecule has 0 unspecified atom stereocenters. The van der Waals surface area contributed by atoms with Gasteiger partial charge in [0, 0.05) is 24.5 Å². The largest absolute Gasteiger partial charge is 0.487 e. The van der Waals surface area contributed by atoms with E-state index in [1.54, 1.807) is 12.1 Å². The van der Waals surface area contributed by atoms with Crippen molar-refractivity contribution < 1.29 is 9.53 Å². The number of nitrogens with two attached hydrogens (primary N) is 1. The minimum atomic E-state index is -0.259. The predicted octanol–water partition coefficient (Wildman–Crippen LogP) is 3.76. The van der Waals surface area contributed by atoms with Crippen molar-refractivity contribution in [3.8, 4) is 5.75 Å². The number of nitrogens with one attached hydrogen (secondary N) is 1. The number of hydrogen-bond acceptors (Lipinski definition) is 4. The fourth-order valence-electron chi connectivity index (χ4n) is 3.69. The van der Waals surface area contributed by atoms with Crippen LogP contribution < -0.4 is 15.8 Å². The summed E-state index contributed by atoms with van der Waals surface area (Å²) in [6, 6.07) is 13.1. The van der Waals surface area contributed by atoms with E-state index >= 15 is 0 Å². The maximum Gasteiger partial charge on any atom is 0.251 e. The van der Waals surface area contributed by atoms with Crippen LogP contribution in [0.3, 0.4) is 0 Å². The first-order chi connectivity index (χ1) is 13.2. The van der Waals surface area contributed by atoms with Crippen molar-refractivity contribution in [2.24, 2.45) is 5.73 Å². The molecule has 2 heterocycles. The number of imidazole rings is 1. The Morgan fingerprint density at radius 1 is 1.17 bits per heavy atom. The van der Waals surface area contributed by atoms with Crippen molar-refractivity contribution in [2.75, 3.05) is 6.54 Å². The second-order valence-electron chi connectivity index (χ2n) is 7.16. The number of pyridine rings is 1. The van der Waals surface area contributed by atoms with Gasteiger partial charge in [-0.15, -0.1) is 24.8 Å². The Balaban J connectivity index is 0.00000150. The van der Waals surface area contributed by atoms with Gasteiger partial charge >= 0.3 is 0 Å². The second-order valence-corrected chi connectivity index (χ2v) is 7.16. The monoisotopic (exact) mass is 436 g/mol. The van der Waals surface area contributed by atoms with E-state index in [2.05, 4.69) is 10.3 Å². The summed E-state index contributed by atoms with van der Waals surface area (Å²) in [7, 11) is 0. The van der Waals surface area contributed by atoms with Gasteiger partial charge < -0.3 is 20.2 Å². The number of rotatable bonds is 6. The molecule has 3 aromatic rings. The number of amides is 1. The van der Waals surface area contributed by atoms with Gasteiger partial charge in [0.1, 0.15) is 18.0 Å². The highest BCUT2D eigenvalue weighted by Gasteiger charge is 2.34. The normalized spacial score (nSPS) is 14.7. The molecule has 4 rings (SSSR count). The Hall–Kier alpha value is -2.28. The number of nitrogens with zero attached hydrogens (tertiary/aromatic N) is 2. The third kappa shape index (κ3) is 5.21. The predicted molar refractivity (Wildman–Crippen MR) is 118 cm³/mol. The highest BCUT2D eigenvalue weighted by Crippen LogP contribution is 2.29. The quantitative estimate of drug-likeness (QED) is 0.616. The van der Waals surface area contributed by atoms with E-state index in [9.17, 15) is 4.79 Å². The Morgan fingerprint density at radius 3 is 2.69 bits per heavy atom.